The molecule has 16 nitrogen and oxygen atoms in total. The molecule has 8 unspecified atom stereocenters. The van der Waals surface area contributed by atoms with Crippen LogP contribution in [-0.2, 0) is 19.2 Å². The molecular weight excluding hydrogens is 753 g/mol. The van der Waals surface area contributed by atoms with E-state index < -0.39 is 83.9 Å². The van der Waals surface area contributed by atoms with Gasteiger partial charge in [-0.05, 0) is 38.5 Å². The van der Waals surface area contributed by atoms with Crippen LogP contribution >= 0.6 is 44.3 Å². The summed E-state index contributed by atoms with van der Waals surface area (Å²) in [5.41, 5.74) is -0.0124. The van der Waals surface area contributed by atoms with Gasteiger partial charge in [-0.2, -0.15) is 0 Å². The minimum Gasteiger partial charge on any atom is -0.391 e. The van der Waals surface area contributed by atoms with E-state index in [0.717, 1.165) is 44.3 Å². The molecule has 0 aliphatic carbocycles. The van der Waals surface area contributed by atoms with Crippen LogP contribution in [0.15, 0.2) is 10.8 Å². The van der Waals surface area contributed by atoms with Crippen LogP contribution in [0.1, 0.15) is 97.5 Å². The minimum atomic E-state index is -1.40. The van der Waals surface area contributed by atoms with E-state index in [4.69, 9.17) is 0 Å². The Bertz CT molecular complexity index is 1500. The average Bonchev–Trinajstić information content (AvgIpc) is 3.75. The van der Waals surface area contributed by atoms with Crippen LogP contribution < -0.4 is 31.9 Å². The second kappa shape index (κ2) is 18.6. The number of amides is 6. The Morgan fingerprint density at radius 1 is 0.596 bits per heavy atom. The number of thiazole rings is 2. The topological polar surface area (TPSA) is 241 Å². The van der Waals surface area contributed by atoms with Crippen molar-refractivity contribution in [1.29, 1.82) is 0 Å². The van der Waals surface area contributed by atoms with Gasteiger partial charge in [-0.25, -0.2) is 9.97 Å². The number of fused-ring (bicyclic) bond motifs is 9. The zero-order valence-electron chi connectivity index (χ0n) is 29.6. The SMILES string of the molecule is CC(C)CC1NC(=O)C(C(C)O)NC(=O)C2CSSCC(NC(=O)c3csc1n3)C(=O)NC(C(C)O)C(=O)NC(CC(C)C)c1nc(cs1)C(=O)N2. The van der Waals surface area contributed by atoms with Gasteiger partial charge in [-0.3, -0.25) is 28.8 Å². The molecule has 2 aliphatic heterocycles. The molecule has 2 aliphatic rings. The summed E-state index contributed by atoms with van der Waals surface area (Å²) in [6, 6.07) is -6.64. The van der Waals surface area contributed by atoms with Crippen molar-refractivity contribution in [3.05, 3.63) is 32.2 Å². The number of aliphatic hydroxyl groups is 2. The smallest absolute Gasteiger partial charge is 0.271 e. The molecule has 286 valence electrons. The Morgan fingerprint density at radius 2 is 0.962 bits per heavy atom. The van der Waals surface area contributed by atoms with Crippen molar-refractivity contribution in [3.8, 4) is 0 Å². The predicted molar refractivity (Wildman–Crippen MR) is 200 cm³/mol. The standard InChI is InChI=1S/C32H46N8O8S4/c1-13(2)7-17-31-37-19(9-49-31)25(43)35-22-12-52-51-11-21(27(45)39-23(15(5)41)29(47)33-17)36-26(44)20-10-50-32(38-20)18(8-14(3)4)34-30(48)24(16(6)42)40-28(22)46/h9-10,13-18,21-24,41-42H,7-8,11-12H2,1-6H3,(H,33,47)(H,34,48)(H,35,43)(H,36,44)(H,39,45)(H,40,46). The van der Waals surface area contributed by atoms with Crippen LogP contribution in [0.4, 0.5) is 0 Å². The quantitative estimate of drug-likeness (QED) is 0.191. The van der Waals surface area contributed by atoms with Gasteiger partial charge in [0.05, 0.1) is 24.3 Å². The van der Waals surface area contributed by atoms with Crippen molar-refractivity contribution >= 4 is 79.7 Å². The van der Waals surface area contributed by atoms with Crippen molar-refractivity contribution in [2.24, 2.45) is 11.8 Å². The first-order valence-electron chi connectivity index (χ1n) is 16.9. The first-order valence-corrected chi connectivity index (χ1v) is 21.1. The summed E-state index contributed by atoms with van der Waals surface area (Å²) < 4.78 is 0. The lowest BCUT2D eigenvalue weighted by Gasteiger charge is -2.27. The second-order valence-corrected chi connectivity index (χ2v) is 17.9. The van der Waals surface area contributed by atoms with E-state index in [1.54, 1.807) is 0 Å². The summed E-state index contributed by atoms with van der Waals surface area (Å²) >= 11 is 2.24. The molecule has 2 aromatic heterocycles. The Balaban J connectivity index is 1.80. The van der Waals surface area contributed by atoms with Crippen LogP contribution in [0, 0.1) is 11.8 Å². The molecule has 6 bridgehead atoms. The van der Waals surface area contributed by atoms with Gasteiger partial charge in [0.15, 0.2) is 0 Å². The van der Waals surface area contributed by atoms with Gasteiger partial charge in [0.1, 0.15) is 45.6 Å². The van der Waals surface area contributed by atoms with E-state index in [9.17, 15) is 39.0 Å². The van der Waals surface area contributed by atoms with Gasteiger partial charge in [0, 0.05) is 22.3 Å². The van der Waals surface area contributed by atoms with Gasteiger partial charge >= 0.3 is 0 Å². The van der Waals surface area contributed by atoms with Gasteiger partial charge in [-0.1, -0.05) is 49.3 Å². The zero-order valence-corrected chi connectivity index (χ0v) is 32.9. The number of aliphatic hydroxyl groups excluding tert-OH is 2. The van der Waals surface area contributed by atoms with Gasteiger partial charge in [-0.15, -0.1) is 22.7 Å². The van der Waals surface area contributed by atoms with E-state index in [0.29, 0.717) is 22.9 Å². The number of hydrogen-bond donors (Lipinski definition) is 8. The lowest BCUT2D eigenvalue weighted by atomic mass is 10.0. The van der Waals surface area contributed by atoms with Crippen molar-refractivity contribution in [2.45, 2.75) is 103 Å². The third-order valence-corrected chi connectivity index (χ3v) is 12.4. The van der Waals surface area contributed by atoms with E-state index >= 15 is 0 Å². The maximum atomic E-state index is 13.8. The van der Waals surface area contributed by atoms with Crippen LogP contribution in [0.25, 0.3) is 0 Å². The van der Waals surface area contributed by atoms with Crippen LogP contribution in [0.3, 0.4) is 0 Å². The molecule has 0 aromatic carbocycles. The fourth-order valence-electron chi connectivity index (χ4n) is 5.39. The molecule has 0 saturated carbocycles. The molecule has 20 heteroatoms. The fourth-order valence-corrected chi connectivity index (χ4v) is 9.45. The molecule has 2 aromatic rings. The molecular formula is C32H46N8O8S4. The Hall–Kier alpha value is -3.30. The monoisotopic (exact) mass is 798 g/mol. The normalized spacial score (nSPS) is 26.9. The lowest BCUT2D eigenvalue weighted by molar-refractivity contribution is -0.132. The van der Waals surface area contributed by atoms with Gasteiger partial charge < -0.3 is 42.1 Å². The molecule has 6 amide bonds. The Labute approximate surface area is 317 Å². The largest absolute Gasteiger partial charge is 0.391 e. The molecule has 4 heterocycles. The highest BCUT2D eigenvalue weighted by Gasteiger charge is 2.36. The summed E-state index contributed by atoms with van der Waals surface area (Å²) in [5.74, 6) is -4.19. The zero-order chi connectivity index (χ0) is 38.3. The molecule has 0 radical (unpaired) electrons. The highest BCUT2D eigenvalue weighted by molar-refractivity contribution is 8.76. The lowest BCUT2D eigenvalue weighted by Crippen LogP contribution is -2.58. The number of carbonyl (C=O) groups excluding carboxylic acids is 6. The molecule has 52 heavy (non-hydrogen) atoms. The predicted octanol–water partition coefficient (Wildman–Crippen LogP) is 1.04. The molecule has 8 atom stereocenters. The molecule has 0 spiro atoms. The summed E-state index contributed by atoms with van der Waals surface area (Å²) in [7, 11) is 2.21. The van der Waals surface area contributed by atoms with Crippen LogP contribution in [0.2, 0.25) is 0 Å². The molecule has 8 N–H and O–H groups in total. The van der Waals surface area contributed by atoms with E-state index in [1.807, 2.05) is 27.7 Å². The van der Waals surface area contributed by atoms with Crippen LogP contribution in [0.5, 0.6) is 0 Å². The van der Waals surface area contributed by atoms with Crippen molar-refractivity contribution in [1.82, 2.24) is 41.9 Å². The number of carbonyl (C=O) groups is 6. The van der Waals surface area contributed by atoms with Crippen molar-refractivity contribution in [2.75, 3.05) is 11.5 Å². The van der Waals surface area contributed by atoms with Gasteiger partial charge in [0.2, 0.25) is 23.6 Å². The summed E-state index contributed by atoms with van der Waals surface area (Å²) in [4.78, 5) is 90.8. The highest BCUT2D eigenvalue weighted by Crippen LogP contribution is 2.28. The molecule has 0 saturated heterocycles. The number of hydrogen-bond acceptors (Lipinski definition) is 14. The van der Waals surface area contributed by atoms with E-state index in [1.165, 1.54) is 24.6 Å². The first-order chi connectivity index (χ1) is 24.5. The van der Waals surface area contributed by atoms with E-state index in [2.05, 4.69) is 41.9 Å². The number of nitrogens with zero attached hydrogens (tertiary/aromatic N) is 2. The maximum absolute atomic E-state index is 13.8. The maximum Gasteiger partial charge on any atom is 0.271 e. The van der Waals surface area contributed by atoms with Crippen molar-refractivity contribution < 1.29 is 39.0 Å². The third-order valence-electron chi connectivity index (χ3n) is 8.07. The van der Waals surface area contributed by atoms with Gasteiger partial charge in [0.25, 0.3) is 11.8 Å². The molecule has 4 rings (SSSR count). The minimum absolute atomic E-state index is 0.00620. The number of rotatable bonds is 6. The van der Waals surface area contributed by atoms with Crippen molar-refractivity contribution in [3.63, 3.8) is 0 Å². The molecule has 0 fully saturated rings. The fraction of sp³-hybridized carbons (Fsp3) is 0.625. The van der Waals surface area contributed by atoms with Crippen LogP contribution in [-0.4, -0.2) is 104 Å². The second-order valence-electron chi connectivity index (χ2n) is 13.6. The summed E-state index contributed by atoms with van der Waals surface area (Å²) in [6.45, 7) is 10.5. The average molecular weight is 799 g/mol. The summed E-state index contributed by atoms with van der Waals surface area (Å²) in [5, 5.41) is 41.3. The Kier molecular flexibility index (Phi) is 14.9. The van der Waals surface area contributed by atoms with E-state index in [-0.39, 0.29) is 34.7 Å². The third kappa shape index (κ3) is 11.1. The summed E-state index contributed by atoms with van der Waals surface area (Å²) in [6.07, 6.45) is -1.83. The number of aromatic nitrogens is 2. The first kappa shape index (κ1) is 41.5. The number of nitrogens with one attached hydrogen (secondary N) is 6. The Morgan fingerprint density at radius 3 is 1.29 bits per heavy atom. The highest BCUT2D eigenvalue weighted by atomic mass is 33.1.